The highest BCUT2D eigenvalue weighted by atomic mass is 35.5. The van der Waals surface area contributed by atoms with E-state index in [9.17, 15) is 8.42 Å². The quantitative estimate of drug-likeness (QED) is 0.924. The maximum Gasteiger partial charge on any atom is 0.244 e. The van der Waals surface area contributed by atoms with Crippen molar-refractivity contribution >= 4 is 33.2 Å². The Morgan fingerprint density at radius 3 is 2.53 bits per heavy atom. The Hall–Kier alpha value is -0.330. The Balaban J connectivity index is 3.26. The molecule has 0 aliphatic rings. The Bertz CT molecular complexity index is 505. The van der Waals surface area contributed by atoms with Gasteiger partial charge in [-0.15, -0.1) is 0 Å². The molecule has 0 fully saturated rings. The molecule has 0 aromatic heterocycles. The second-order valence-electron chi connectivity index (χ2n) is 3.68. The molecule has 7 heteroatoms. The summed E-state index contributed by atoms with van der Waals surface area (Å²) in [4.78, 5) is -0.00512. The van der Waals surface area contributed by atoms with Crippen LogP contribution in [0.25, 0.3) is 0 Å². The highest BCUT2D eigenvalue weighted by molar-refractivity contribution is 7.89. The number of sulfonamides is 1. The van der Waals surface area contributed by atoms with Crippen LogP contribution < -0.4 is 5.73 Å². The Morgan fingerprint density at radius 1 is 1.41 bits per heavy atom. The summed E-state index contributed by atoms with van der Waals surface area (Å²) in [5.41, 5.74) is 5.45. The topological polar surface area (TPSA) is 63.4 Å². The second-order valence-corrected chi connectivity index (χ2v) is 6.49. The van der Waals surface area contributed by atoms with E-state index in [0.29, 0.717) is 5.02 Å². The third kappa shape index (κ3) is 3.11. The molecule has 0 aliphatic carbocycles. The fourth-order valence-electron chi connectivity index (χ4n) is 1.22. The average molecular weight is 297 g/mol. The highest BCUT2D eigenvalue weighted by Gasteiger charge is 2.26. The van der Waals surface area contributed by atoms with Crippen molar-refractivity contribution < 1.29 is 8.42 Å². The molecule has 96 valence electrons. The van der Waals surface area contributed by atoms with Gasteiger partial charge in [0.25, 0.3) is 0 Å². The van der Waals surface area contributed by atoms with Crippen LogP contribution in [0.15, 0.2) is 23.1 Å². The summed E-state index contributed by atoms with van der Waals surface area (Å²) in [5.74, 6) is 0. The van der Waals surface area contributed by atoms with Gasteiger partial charge in [0.15, 0.2) is 0 Å². The zero-order valence-corrected chi connectivity index (χ0v) is 11.9. The molecule has 1 aromatic carbocycles. The van der Waals surface area contributed by atoms with Gasteiger partial charge in [0.05, 0.1) is 5.02 Å². The van der Waals surface area contributed by atoms with Gasteiger partial charge in [-0.05, 0) is 25.1 Å². The van der Waals surface area contributed by atoms with Crippen LogP contribution in [-0.4, -0.2) is 32.4 Å². The summed E-state index contributed by atoms with van der Waals surface area (Å²) in [7, 11) is -2.20. The third-order valence-electron chi connectivity index (χ3n) is 2.51. The molecule has 0 saturated heterocycles. The van der Waals surface area contributed by atoms with E-state index in [4.69, 9.17) is 28.9 Å². The first-order valence-corrected chi connectivity index (χ1v) is 7.13. The van der Waals surface area contributed by atoms with E-state index in [1.807, 2.05) is 0 Å². The predicted molar refractivity (Wildman–Crippen MR) is 69.9 cm³/mol. The van der Waals surface area contributed by atoms with E-state index in [2.05, 4.69) is 0 Å². The van der Waals surface area contributed by atoms with Crippen molar-refractivity contribution in [2.24, 2.45) is 5.73 Å². The van der Waals surface area contributed by atoms with E-state index < -0.39 is 10.0 Å². The summed E-state index contributed by atoms with van der Waals surface area (Å²) < 4.78 is 25.7. The van der Waals surface area contributed by atoms with Crippen LogP contribution in [-0.2, 0) is 10.0 Å². The van der Waals surface area contributed by atoms with E-state index in [-0.39, 0.29) is 22.5 Å². The van der Waals surface area contributed by atoms with Crippen molar-refractivity contribution in [2.45, 2.75) is 17.9 Å². The van der Waals surface area contributed by atoms with Gasteiger partial charge in [-0.1, -0.05) is 23.2 Å². The van der Waals surface area contributed by atoms with Gasteiger partial charge in [0.2, 0.25) is 10.0 Å². The smallest absolute Gasteiger partial charge is 0.244 e. The van der Waals surface area contributed by atoms with Crippen molar-refractivity contribution in [1.29, 1.82) is 0 Å². The van der Waals surface area contributed by atoms with Crippen molar-refractivity contribution in [2.75, 3.05) is 13.6 Å². The number of nitrogens with zero attached hydrogens (tertiary/aromatic N) is 1. The lowest BCUT2D eigenvalue weighted by Gasteiger charge is -2.23. The van der Waals surface area contributed by atoms with E-state index in [1.54, 1.807) is 6.92 Å². The number of rotatable bonds is 4. The van der Waals surface area contributed by atoms with Crippen LogP contribution in [0.4, 0.5) is 0 Å². The zero-order chi connectivity index (χ0) is 13.2. The van der Waals surface area contributed by atoms with Crippen LogP contribution in [0.2, 0.25) is 10.0 Å². The lowest BCUT2D eigenvalue weighted by atomic mass is 10.4. The summed E-state index contributed by atoms with van der Waals surface area (Å²) in [6, 6.07) is 4.02. The molecule has 0 radical (unpaired) electrons. The van der Waals surface area contributed by atoms with Gasteiger partial charge < -0.3 is 5.73 Å². The van der Waals surface area contributed by atoms with Gasteiger partial charge in [-0.2, -0.15) is 4.31 Å². The van der Waals surface area contributed by atoms with Gasteiger partial charge in [0.1, 0.15) is 4.90 Å². The molecule has 4 nitrogen and oxygen atoms in total. The minimum atomic E-state index is -3.67. The molecule has 0 bridgehead atoms. The molecule has 17 heavy (non-hydrogen) atoms. The lowest BCUT2D eigenvalue weighted by Crippen LogP contribution is -2.39. The molecule has 0 heterocycles. The molecule has 0 aliphatic heterocycles. The van der Waals surface area contributed by atoms with Gasteiger partial charge in [-0.3, -0.25) is 0 Å². The lowest BCUT2D eigenvalue weighted by molar-refractivity contribution is 0.394. The number of benzene rings is 1. The highest BCUT2D eigenvalue weighted by Crippen LogP contribution is 2.27. The minimum Gasteiger partial charge on any atom is -0.329 e. The van der Waals surface area contributed by atoms with Crippen LogP contribution in [0.1, 0.15) is 6.92 Å². The summed E-state index contributed by atoms with van der Waals surface area (Å²) in [5, 5.41) is 0.465. The molecular formula is C10H14Cl2N2O2S. The second kappa shape index (κ2) is 5.54. The molecule has 2 N–H and O–H groups in total. The minimum absolute atomic E-state index is 0.00512. The molecular weight excluding hydrogens is 283 g/mol. The first kappa shape index (κ1) is 14.7. The number of likely N-dealkylation sites (N-methyl/N-ethyl adjacent to an activating group) is 1. The summed E-state index contributed by atoms with van der Waals surface area (Å²) >= 11 is 11.7. The number of hydrogen-bond acceptors (Lipinski definition) is 3. The monoisotopic (exact) mass is 296 g/mol. The van der Waals surface area contributed by atoms with Crippen LogP contribution in [0.5, 0.6) is 0 Å². The SMILES string of the molecule is CC(CN)N(C)S(=O)(=O)c1cc(Cl)ccc1Cl. The van der Waals surface area contributed by atoms with E-state index in [0.717, 1.165) is 0 Å². The normalized spacial score (nSPS) is 14.0. The number of hydrogen-bond donors (Lipinski definition) is 1. The predicted octanol–water partition coefficient (Wildman–Crippen LogP) is 1.96. The van der Waals surface area contributed by atoms with E-state index >= 15 is 0 Å². The average Bonchev–Trinajstić information content (AvgIpc) is 2.30. The number of halogens is 2. The van der Waals surface area contributed by atoms with E-state index in [1.165, 1.54) is 29.6 Å². The molecule has 0 amide bonds. The standard InChI is InChI=1S/C10H14Cl2N2O2S/c1-7(6-13)14(2)17(15,16)10-5-8(11)3-4-9(10)12/h3-5,7H,6,13H2,1-2H3. The zero-order valence-electron chi connectivity index (χ0n) is 9.52. The molecule has 1 rings (SSSR count). The first-order chi connectivity index (χ1) is 7.80. The molecule has 1 unspecified atom stereocenters. The van der Waals surface area contributed by atoms with Gasteiger partial charge in [-0.25, -0.2) is 8.42 Å². The van der Waals surface area contributed by atoms with Crippen molar-refractivity contribution in [3.05, 3.63) is 28.2 Å². The molecule has 1 aromatic rings. The Labute approximate surface area is 111 Å². The Morgan fingerprint density at radius 2 is 2.00 bits per heavy atom. The Kier molecular flexibility index (Phi) is 4.80. The molecule has 0 spiro atoms. The summed E-state index contributed by atoms with van der Waals surface area (Å²) in [6.07, 6.45) is 0. The van der Waals surface area contributed by atoms with Gasteiger partial charge in [0, 0.05) is 24.7 Å². The van der Waals surface area contributed by atoms with Crippen molar-refractivity contribution in [3.8, 4) is 0 Å². The van der Waals surface area contributed by atoms with Gasteiger partial charge >= 0.3 is 0 Å². The van der Waals surface area contributed by atoms with Crippen LogP contribution in [0.3, 0.4) is 0 Å². The number of nitrogens with two attached hydrogens (primary N) is 1. The third-order valence-corrected chi connectivity index (χ3v) is 5.20. The fraction of sp³-hybridized carbons (Fsp3) is 0.400. The fourth-order valence-corrected chi connectivity index (χ4v) is 3.32. The molecule has 1 atom stereocenters. The van der Waals surface area contributed by atoms with Crippen LogP contribution in [0, 0.1) is 0 Å². The maximum atomic E-state index is 12.2. The summed E-state index contributed by atoms with van der Waals surface area (Å²) in [6.45, 7) is 1.95. The largest absolute Gasteiger partial charge is 0.329 e. The van der Waals surface area contributed by atoms with Crippen molar-refractivity contribution in [3.63, 3.8) is 0 Å². The maximum absolute atomic E-state index is 12.2. The molecule has 0 saturated carbocycles. The van der Waals surface area contributed by atoms with Crippen LogP contribution >= 0.6 is 23.2 Å². The first-order valence-electron chi connectivity index (χ1n) is 4.94. The van der Waals surface area contributed by atoms with Crippen molar-refractivity contribution in [1.82, 2.24) is 4.31 Å².